The lowest BCUT2D eigenvalue weighted by atomic mass is 10.1. The number of anilines is 1. The van der Waals surface area contributed by atoms with E-state index in [0.29, 0.717) is 30.2 Å². The third-order valence-corrected chi connectivity index (χ3v) is 7.97. The van der Waals surface area contributed by atoms with Gasteiger partial charge in [0.15, 0.2) is 0 Å². The summed E-state index contributed by atoms with van der Waals surface area (Å²) >= 11 is 0. The fourth-order valence-corrected chi connectivity index (χ4v) is 6.05. The van der Waals surface area contributed by atoms with Gasteiger partial charge in [-0.1, -0.05) is 6.07 Å². The zero-order chi connectivity index (χ0) is 21.1. The molecule has 0 amide bonds. The Kier molecular flexibility index (Phi) is 6.26. The normalized spacial score (nSPS) is 19.5. The minimum atomic E-state index is -3.47. The summed E-state index contributed by atoms with van der Waals surface area (Å²) in [5, 5.41) is 0. The van der Waals surface area contributed by atoms with E-state index in [1.54, 1.807) is 23.5 Å². The van der Waals surface area contributed by atoms with Crippen molar-refractivity contribution in [3.63, 3.8) is 0 Å². The quantitative estimate of drug-likeness (QED) is 0.701. The summed E-state index contributed by atoms with van der Waals surface area (Å²) in [5.41, 5.74) is 1.83. The highest BCUT2D eigenvalue weighted by molar-refractivity contribution is 7.89. The molecule has 0 saturated carbocycles. The number of piperazine rings is 1. The van der Waals surface area contributed by atoms with E-state index in [-0.39, 0.29) is 5.82 Å². The third-order valence-electron chi connectivity index (χ3n) is 5.98. The minimum absolute atomic E-state index is 0.217. The second-order valence-electron chi connectivity index (χ2n) is 7.75. The minimum Gasteiger partial charge on any atom is -0.496 e. The summed E-state index contributed by atoms with van der Waals surface area (Å²) < 4.78 is 46.0. The van der Waals surface area contributed by atoms with Gasteiger partial charge in [0.1, 0.15) is 11.6 Å². The number of hydrogen-bond donors (Lipinski definition) is 0. The topological polar surface area (TPSA) is 53.1 Å². The highest BCUT2D eigenvalue weighted by atomic mass is 32.2. The molecule has 2 aliphatic heterocycles. The zero-order valence-corrected chi connectivity index (χ0v) is 18.1. The first-order valence-corrected chi connectivity index (χ1v) is 11.8. The number of ether oxygens (including phenoxy) is 1. The van der Waals surface area contributed by atoms with E-state index in [0.717, 1.165) is 50.4 Å². The molecule has 30 heavy (non-hydrogen) atoms. The molecule has 2 heterocycles. The van der Waals surface area contributed by atoms with Crippen LogP contribution >= 0.6 is 0 Å². The molecule has 2 aromatic carbocycles. The summed E-state index contributed by atoms with van der Waals surface area (Å²) in [6, 6.07) is 11.9. The van der Waals surface area contributed by atoms with Crippen molar-refractivity contribution in [1.29, 1.82) is 0 Å². The molecule has 1 fully saturated rings. The maximum absolute atomic E-state index is 13.1. The molecule has 0 spiro atoms. The molecular weight excluding hydrogens is 405 g/mol. The van der Waals surface area contributed by atoms with Crippen molar-refractivity contribution in [2.24, 2.45) is 0 Å². The van der Waals surface area contributed by atoms with Crippen LogP contribution in [0.4, 0.5) is 10.1 Å². The molecule has 0 aliphatic carbocycles. The standard InChI is InChI=1S/C22H28FN3O3S/c1-29-21-4-2-5-22-20(21)10-13-26(30(22,27)28)12-3-11-24-14-16-25(17-15-24)19-8-6-18(23)7-9-19/h2,4-9H,3,10-17H2,1H3. The second-order valence-corrected chi connectivity index (χ2v) is 9.66. The molecule has 0 atom stereocenters. The molecule has 6 nitrogen and oxygen atoms in total. The van der Waals surface area contributed by atoms with Gasteiger partial charge in [-0.3, -0.25) is 4.90 Å². The average Bonchev–Trinajstić information content (AvgIpc) is 2.76. The van der Waals surface area contributed by atoms with Gasteiger partial charge in [-0.2, -0.15) is 4.31 Å². The SMILES string of the molecule is COc1cccc2c1CCN(CCCN1CCN(c3ccc(F)cc3)CC1)S2(=O)=O. The van der Waals surface area contributed by atoms with Crippen LogP contribution in [0.25, 0.3) is 0 Å². The van der Waals surface area contributed by atoms with Gasteiger partial charge in [0, 0.05) is 50.5 Å². The molecule has 162 valence electrons. The van der Waals surface area contributed by atoms with Gasteiger partial charge in [-0.25, -0.2) is 12.8 Å². The van der Waals surface area contributed by atoms with Crippen LogP contribution in [-0.2, 0) is 16.4 Å². The highest BCUT2D eigenvalue weighted by Gasteiger charge is 2.32. The van der Waals surface area contributed by atoms with Crippen LogP contribution in [0.2, 0.25) is 0 Å². The Balaban J connectivity index is 1.28. The predicted octanol–water partition coefficient (Wildman–Crippen LogP) is 2.59. The van der Waals surface area contributed by atoms with Crippen LogP contribution < -0.4 is 9.64 Å². The van der Waals surface area contributed by atoms with Crippen LogP contribution in [0, 0.1) is 5.82 Å². The maximum atomic E-state index is 13.1. The summed E-state index contributed by atoms with van der Waals surface area (Å²) in [6.45, 7) is 5.51. The van der Waals surface area contributed by atoms with E-state index in [4.69, 9.17) is 4.74 Å². The summed E-state index contributed by atoms with van der Waals surface area (Å²) in [6.07, 6.45) is 1.48. The molecule has 0 N–H and O–H groups in total. The fourth-order valence-electron chi connectivity index (χ4n) is 4.30. The van der Waals surface area contributed by atoms with Gasteiger partial charge in [0.05, 0.1) is 12.0 Å². The van der Waals surface area contributed by atoms with Crippen LogP contribution in [0.3, 0.4) is 0 Å². The number of hydrogen-bond acceptors (Lipinski definition) is 5. The first kappa shape index (κ1) is 21.1. The Morgan fingerprint density at radius 3 is 2.40 bits per heavy atom. The van der Waals surface area contributed by atoms with Crippen molar-refractivity contribution in [1.82, 2.24) is 9.21 Å². The van der Waals surface area contributed by atoms with E-state index in [1.165, 1.54) is 12.1 Å². The van der Waals surface area contributed by atoms with E-state index in [9.17, 15) is 12.8 Å². The largest absolute Gasteiger partial charge is 0.496 e. The Morgan fingerprint density at radius 2 is 1.70 bits per heavy atom. The molecule has 0 bridgehead atoms. The number of nitrogens with zero attached hydrogens (tertiary/aromatic N) is 3. The third kappa shape index (κ3) is 4.31. The Morgan fingerprint density at radius 1 is 0.967 bits per heavy atom. The molecule has 4 rings (SSSR count). The van der Waals surface area contributed by atoms with Crippen molar-refractivity contribution in [3.05, 3.63) is 53.8 Å². The molecule has 8 heteroatoms. The smallest absolute Gasteiger partial charge is 0.243 e. The fraction of sp³-hybridized carbons (Fsp3) is 0.455. The zero-order valence-electron chi connectivity index (χ0n) is 17.3. The average molecular weight is 434 g/mol. The molecular formula is C22H28FN3O3S. The van der Waals surface area contributed by atoms with Gasteiger partial charge >= 0.3 is 0 Å². The predicted molar refractivity (Wildman–Crippen MR) is 115 cm³/mol. The van der Waals surface area contributed by atoms with Crippen molar-refractivity contribution >= 4 is 15.7 Å². The summed E-state index contributed by atoms with van der Waals surface area (Å²) in [7, 11) is -1.90. The number of benzene rings is 2. The van der Waals surface area contributed by atoms with Gasteiger partial charge < -0.3 is 9.64 Å². The van der Waals surface area contributed by atoms with Crippen LogP contribution in [0.1, 0.15) is 12.0 Å². The van der Waals surface area contributed by atoms with Crippen LogP contribution in [-0.4, -0.2) is 70.5 Å². The lowest BCUT2D eigenvalue weighted by Gasteiger charge is -2.36. The monoisotopic (exact) mass is 433 g/mol. The number of sulfonamides is 1. The molecule has 2 aromatic rings. The first-order chi connectivity index (χ1) is 14.5. The molecule has 2 aliphatic rings. The van der Waals surface area contributed by atoms with Crippen LogP contribution in [0.15, 0.2) is 47.4 Å². The molecule has 0 unspecified atom stereocenters. The van der Waals surface area contributed by atoms with Crippen molar-refractivity contribution < 1.29 is 17.5 Å². The highest BCUT2D eigenvalue weighted by Crippen LogP contribution is 2.32. The number of halogens is 1. The number of fused-ring (bicyclic) bond motifs is 1. The van der Waals surface area contributed by atoms with E-state index in [2.05, 4.69) is 9.80 Å². The maximum Gasteiger partial charge on any atom is 0.243 e. The van der Waals surface area contributed by atoms with E-state index < -0.39 is 10.0 Å². The van der Waals surface area contributed by atoms with E-state index in [1.807, 2.05) is 18.2 Å². The molecule has 0 radical (unpaired) electrons. The molecule has 1 saturated heterocycles. The van der Waals surface area contributed by atoms with Crippen LogP contribution in [0.5, 0.6) is 5.75 Å². The first-order valence-electron chi connectivity index (χ1n) is 10.4. The summed E-state index contributed by atoms with van der Waals surface area (Å²) in [5.74, 6) is 0.431. The Bertz CT molecular complexity index is 974. The lowest BCUT2D eigenvalue weighted by molar-refractivity contribution is 0.245. The van der Waals surface area contributed by atoms with Crippen molar-refractivity contribution in [3.8, 4) is 5.75 Å². The number of rotatable bonds is 6. The number of methoxy groups -OCH3 is 1. The van der Waals surface area contributed by atoms with Gasteiger partial charge in [-0.15, -0.1) is 0 Å². The second kappa shape index (κ2) is 8.91. The Hall–Kier alpha value is -2.16. The van der Waals surface area contributed by atoms with Crippen molar-refractivity contribution in [2.75, 3.05) is 57.8 Å². The van der Waals surface area contributed by atoms with Gasteiger partial charge in [0.25, 0.3) is 0 Å². The molecule has 0 aromatic heterocycles. The van der Waals surface area contributed by atoms with Crippen molar-refractivity contribution in [2.45, 2.75) is 17.7 Å². The summed E-state index contributed by atoms with van der Waals surface area (Å²) in [4.78, 5) is 5.00. The van der Waals surface area contributed by atoms with Gasteiger partial charge in [-0.05, 0) is 55.8 Å². The van der Waals surface area contributed by atoms with Gasteiger partial charge in [0.2, 0.25) is 10.0 Å². The van der Waals surface area contributed by atoms with E-state index >= 15 is 0 Å². The lowest BCUT2D eigenvalue weighted by Crippen LogP contribution is -2.47. The Labute approximate surface area is 177 Å².